The van der Waals surface area contributed by atoms with Crippen molar-refractivity contribution >= 4 is 22.7 Å². The molecule has 0 unspecified atom stereocenters. The zero-order chi connectivity index (χ0) is 15.4. The van der Waals surface area contributed by atoms with E-state index in [0.29, 0.717) is 22.7 Å². The predicted octanol–water partition coefficient (Wildman–Crippen LogP) is 4.92. The van der Waals surface area contributed by atoms with Crippen LogP contribution >= 0.6 is 0 Å². The summed E-state index contributed by atoms with van der Waals surface area (Å²) in [7, 11) is 0. The van der Waals surface area contributed by atoms with Gasteiger partial charge in [0.25, 0.3) is 11.4 Å². The Bertz CT molecular complexity index is 756. The highest BCUT2D eigenvalue weighted by molar-refractivity contribution is 5.66. The first-order valence-corrected chi connectivity index (χ1v) is 6.90. The molecular weight excluding hydrogens is 276 g/mol. The third-order valence-corrected chi connectivity index (χ3v) is 3.30. The SMILES string of the molecule is O=[N+](c1ccccc1)c1ccc(N([O-])c2ccccc2)cc1. The summed E-state index contributed by atoms with van der Waals surface area (Å²) in [5.74, 6) is 0. The molecule has 4 nitrogen and oxygen atoms in total. The molecule has 3 aromatic rings. The van der Waals surface area contributed by atoms with Crippen LogP contribution in [0.4, 0.5) is 22.7 Å². The Balaban J connectivity index is 1.83. The first kappa shape index (κ1) is 14.0. The third-order valence-electron chi connectivity index (χ3n) is 3.30. The minimum Gasteiger partial charge on any atom is -0.754 e. The molecule has 0 atom stereocenters. The first-order chi connectivity index (χ1) is 10.8. The molecule has 0 fully saturated rings. The van der Waals surface area contributed by atoms with Crippen LogP contribution in [0.2, 0.25) is 0 Å². The van der Waals surface area contributed by atoms with Crippen molar-refractivity contribution in [3.63, 3.8) is 0 Å². The molecule has 0 amide bonds. The maximum absolute atomic E-state index is 12.2. The highest BCUT2D eigenvalue weighted by Crippen LogP contribution is 2.27. The lowest BCUT2D eigenvalue weighted by Gasteiger charge is -2.30. The summed E-state index contributed by atoms with van der Waals surface area (Å²) >= 11 is 0. The Morgan fingerprint density at radius 2 is 1.09 bits per heavy atom. The number of para-hydroxylation sites is 2. The van der Waals surface area contributed by atoms with E-state index in [2.05, 4.69) is 0 Å². The standard InChI is InChI=1S/C18H14N2O2/c21-19(15-7-3-1-4-8-15)17-11-13-18(14-12-17)20(22)16-9-5-2-6-10-16/h1-14H. The van der Waals surface area contributed by atoms with Crippen LogP contribution in [0, 0.1) is 10.1 Å². The summed E-state index contributed by atoms with van der Waals surface area (Å²) in [6.07, 6.45) is 0. The van der Waals surface area contributed by atoms with E-state index in [1.165, 1.54) is 0 Å². The molecule has 0 saturated carbocycles. The number of benzene rings is 3. The lowest BCUT2D eigenvalue weighted by molar-refractivity contribution is 1.05. The fraction of sp³-hybridized carbons (Fsp3) is 0. The molecule has 4 heteroatoms. The topological polar surface area (TPSA) is 46.4 Å². The summed E-state index contributed by atoms with van der Waals surface area (Å²) in [6, 6.07) is 24.5. The molecule has 0 aliphatic heterocycles. The predicted molar refractivity (Wildman–Crippen MR) is 89.7 cm³/mol. The van der Waals surface area contributed by atoms with E-state index in [1.54, 1.807) is 48.5 Å². The Kier molecular flexibility index (Phi) is 3.94. The molecule has 0 spiro atoms. The van der Waals surface area contributed by atoms with Gasteiger partial charge in [-0.05, 0) is 24.3 Å². The van der Waals surface area contributed by atoms with Crippen LogP contribution in [0.5, 0.6) is 0 Å². The van der Waals surface area contributed by atoms with Crippen molar-refractivity contribution in [3.8, 4) is 0 Å². The van der Waals surface area contributed by atoms with Gasteiger partial charge in [0, 0.05) is 40.5 Å². The number of anilines is 2. The number of rotatable bonds is 4. The van der Waals surface area contributed by atoms with Crippen LogP contribution in [0.1, 0.15) is 0 Å². The molecule has 0 N–H and O–H groups in total. The van der Waals surface area contributed by atoms with Gasteiger partial charge in [-0.1, -0.05) is 36.4 Å². The monoisotopic (exact) mass is 290 g/mol. The lowest BCUT2D eigenvalue weighted by Crippen LogP contribution is -2.06. The van der Waals surface area contributed by atoms with Crippen LogP contribution in [-0.2, 0) is 0 Å². The van der Waals surface area contributed by atoms with Gasteiger partial charge in [-0.3, -0.25) is 0 Å². The molecule has 0 bridgehead atoms. The highest BCUT2D eigenvalue weighted by Gasteiger charge is 2.16. The van der Waals surface area contributed by atoms with Crippen LogP contribution < -0.4 is 9.82 Å². The van der Waals surface area contributed by atoms with Gasteiger partial charge in [0.2, 0.25) is 0 Å². The van der Waals surface area contributed by atoms with E-state index in [0.717, 1.165) is 9.82 Å². The second-order valence-corrected chi connectivity index (χ2v) is 4.78. The van der Waals surface area contributed by atoms with Crippen molar-refractivity contribution in [2.75, 3.05) is 5.06 Å². The molecule has 0 aliphatic rings. The van der Waals surface area contributed by atoms with Gasteiger partial charge in [-0.25, -0.2) is 0 Å². The fourth-order valence-corrected chi connectivity index (χ4v) is 2.15. The molecule has 0 radical (unpaired) electrons. The van der Waals surface area contributed by atoms with Gasteiger partial charge in [0.15, 0.2) is 0 Å². The number of nitroso groups, excluding NO2 is 1. The Hall–Kier alpha value is -2.98. The quantitative estimate of drug-likeness (QED) is 0.506. The van der Waals surface area contributed by atoms with Crippen molar-refractivity contribution in [1.29, 1.82) is 0 Å². The Labute approximate surface area is 128 Å². The fourth-order valence-electron chi connectivity index (χ4n) is 2.15. The van der Waals surface area contributed by atoms with Crippen LogP contribution in [-0.4, -0.2) is 0 Å². The number of hydrogen-bond donors (Lipinski definition) is 0. The zero-order valence-electron chi connectivity index (χ0n) is 11.8. The van der Waals surface area contributed by atoms with Gasteiger partial charge in [-0.2, -0.15) is 0 Å². The Morgan fingerprint density at radius 1 is 0.636 bits per heavy atom. The maximum atomic E-state index is 12.2. The van der Waals surface area contributed by atoms with Crippen molar-refractivity contribution in [3.05, 3.63) is 95.0 Å². The molecule has 108 valence electrons. The van der Waals surface area contributed by atoms with Gasteiger partial charge in [0.05, 0.1) is 4.76 Å². The number of hydrogen-bond acceptors (Lipinski definition) is 3. The smallest absolute Gasteiger partial charge is 0.263 e. The van der Waals surface area contributed by atoms with E-state index in [4.69, 9.17) is 0 Å². The van der Waals surface area contributed by atoms with Gasteiger partial charge < -0.3 is 10.3 Å². The van der Waals surface area contributed by atoms with Gasteiger partial charge >= 0.3 is 0 Å². The third kappa shape index (κ3) is 2.87. The molecule has 22 heavy (non-hydrogen) atoms. The molecular formula is C18H14N2O2. The highest BCUT2D eigenvalue weighted by atomic mass is 16.5. The largest absolute Gasteiger partial charge is 0.754 e. The number of nitrogens with zero attached hydrogens (tertiary/aromatic N) is 2. The zero-order valence-corrected chi connectivity index (χ0v) is 11.8. The van der Waals surface area contributed by atoms with Crippen LogP contribution in [0.15, 0.2) is 84.9 Å². The minimum absolute atomic E-state index is 0.483. The summed E-state index contributed by atoms with van der Waals surface area (Å²) in [5.41, 5.74) is 2.07. The maximum Gasteiger partial charge on any atom is 0.263 e. The average Bonchev–Trinajstić information content (AvgIpc) is 2.62. The first-order valence-electron chi connectivity index (χ1n) is 6.90. The normalized spacial score (nSPS) is 10.2. The van der Waals surface area contributed by atoms with E-state index in [9.17, 15) is 10.1 Å². The van der Waals surface area contributed by atoms with E-state index in [-0.39, 0.29) is 0 Å². The molecule has 0 aromatic heterocycles. The van der Waals surface area contributed by atoms with Crippen LogP contribution in [0.25, 0.3) is 0 Å². The lowest BCUT2D eigenvalue weighted by atomic mass is 10.2. The summed E-state index contributed by atoms with van der Waals surface area (Å²) in [4.78, 5) is 12.2. The van der Waals surface area contributed by atoms with Crippen molar-refractivity contribution in [1.82, 2.24) is 4.76 Å². The van der Waals surface area contributed by atoms with Gasteiger partial charge in [0.1, 0.15) is 0 Å². The Morgan fingerprint density at radius 3 is 1.68 bits per heavy atom. The molecule has 0 saturated heterocycles. The van der Waals surface area contributed by atoms with E-state index >= 15 is 0 Å². The molecule has 0 heterocycles. The molecule has 3 rings (SSSR count). The second-order valence-electron chi connectivity index (χ2n) is 4.78. The van der Waals surface area contributed by atoms with Gasteiger partial charge in [-0.15, -0.1) is 0 Å². The van der Waals surface area contributed by atoms with E-state index in [1.807, 2.05) is 36.4 Å². The van der Waals surface area contributed by atoms with Crippen molar-refractivity contribution in [2.45, 2.75) is 0 Å². The summed E-state index contributed by atoms with van der Waals surface area (Å²) < 4.78 is 0.835. The van der Waals surface area contributed by atoms with E-state index < -0.39 is 0 Å². The molecule has 0 aliphatic carbocycles. The summed E-state index contributed by atoms with van der Waals surface area (Å²) in [5, 5.41) is 13.1. The van der Waals surface area contributed by atoms with Crippen molar-refractivity contribution < 1.29 is 0 Å². The minimum atomic E-state index is 0.483. The molecule has 3 aromatic carbocycles. The second kappa shape index (κ2) is 6.20. The van der Waals surface area contributed by atoms with Crippen LogP contribution in [0.3, 0.4) is 0 Å². The average molecular weight is 290 g/mol. The summed E-state index contributed by atoms with van der Waals surface area (Å²) in [6.45, 7) is 0. The van der Waals surface area contributed by atoms with Crippen molar-refractivity contribution in [2.24, 2.45) is 0 Å².